The van der Waals surface area contributed by atoms with Gasteiger partial charge in [0.15, 0.2) is 11.5 Å². The standard InChI is InChI=1S/C25H41N3O4/c1-26-13-10-21(11-14-26)27(2)24(29)9-8-19-7-6-12-28(17-19)18-20-15-22(30-3)25(32-5)23(16-20)31-4/h15-16,19,21H,6-14,17-18H2,1-5H3/t19-/m0/s1. The van der Waals surface area contributed by atoms with Gasteiger partial charge in [0.2, 0.25) is 11.7 Å². The van der Waals surface area contributed by atoms with Crippen molar-refractivity contribution in [2.75, 3.05) is 61.6 Å². The van der Waals surface area contributed by atoms with Gasteiger partial charge in [0, 0.05) is 32.6 Å². The zero-order valence-electron chi connectivity index (χ0n) is 20.6. The molecule has 2 fully saturated rings. The molecule has 180 valence electrons. The number of piperidine rings is 2. The molecule has 0 N–H and O–H groups in total. The zero-order chi connectivity index (χ0) is 23.1. The van der Waals surface area contributed by atoms with E-state index in [1.54, 1.807) is 21.3 Å². The Hall–Kier alpha value is -1.99. The Balaban J connectivity index is 1.51. The highest BCUT2D eigenvalue weighted by Crippen LogP contribution is 2.38. The van der Waals surface area contributed by atoms with Gasteiger partial charge in [0.1, 0.15) is 0 Å². The fourth-order valence-corrected chi connectivity index (χ4v) is 5.11. The summed E-state index contributed by atoms with van der Waals surface area (Å²) in [7, 11) is 9.08. The lowest BCUT2D eigenvalue weighted by atomic mass is 9.92. The van der Waals surface area contributed by atoms with Crippen LogP contribution in [0.2, 0.25) is 0 Å². The van der Waals surface area contributed by atoms with Crippen molar-refractivity contribution in [3.05, 3.63) is 17.7 Å². The van der Waals surface area contributed by atoms with Gasteiger partial charge in [-0.2, -0.15) is 0 Å². The summed E-state index contributed by atoms with van der Waals surface area (Å²) in [6, 6.07) is 4.47. The van der Waals surface area contributed by atoms with E-state index in [9.17, 15) is 4.79 Å². The summed E-state index contributed by atoms with van der Waals surface area (Å²) in [5, 5.41) is 0. The molecule has 1 amide bonds. The van der Waals surface area contributed by atoms with Crippen molar-refractivity contribution >= 4 is 5.91 Å². The van der Waals surface area contributed by atoms with E-state index >= 15 is 0 Å². The molecule has 3 rings (SSSR count). The van der Waals surface area contributed by atoms with Crippen LogP contribution in [-0.2, 0) is 11.3 Å². The van der Waals surface area contributed by atoms with Crippen LogP contribution in [0.3, 0.4) is 0 Å². The van der Waals surface area contributed by atoms with Crippen LogP contribution in [0.1, 0.15) is 44.1 Å². The second kappa shape index (κ2) is 11.8. The van der Waals surface area contributed by atoms with E-state index in [2.05, 4.69) is 16.8 Å². The molecule has 1 atom stereocenters. The first-order valence-corrected chi connectivity index (χ1v) is 11.9. The van der Waals surface area contributed by atoms with Crippen molar-refractivity contribution < 1.29 is 19.0 Å². The first-order chi connectivity index (χ1) is 15.4. The Morgan fingerprint density at radius 1 is 1.03 bits per heavy atom. The Bertz CT molecular complexity index is 724. The van der Waals surface area contributed by atoms with E-state index in [-0.39, 0.29) is 0 Å². The molecule has 0 saturated carbocycles. The average molecular weight is 448 g/mol. The number of carbonyl (C=O) groups excluding carboxylic acids is 1. The highest BCUT2D eigenvalue weighted by Gasteiger charge is 2.26. The summed E-state index contributed by atoms with van der Waals surface area (Å²) in [5.41, 5.74) is 1.15. The normalized spacial score (nSPS) is 20.7. The van der Waals surface area contributed by atoms with Gasteiger partial charge in [-0.25, -0.2) is 0 Å². The van der Waals surface area contributed by atoms with Crippen LogP contribution < -0.4 is 14.2 Å². The van der Waals surface area contributed by atoms with Crippen molar-refractivity contribution in [3.63, 3.8) is 0 Å². The van der Waals surface area contributed by atoms with Crippen LogP contribution >= 0.6 is 0 Å². The van der Waals surface area contributed by atoms with Crippen LogP contribution in [0, 0.1) is 5.92 Å². The minimum Gasteiger partial charge on any atom is -0.493 e. The number of nitrogens with zero attached hydrogens (tertiary/aromatic N) is 3. The maximum atomic E-state index is 12.8. The Kier molecular flexibility index (Phi) is 9.05. The fraction of sp³-hybridized carbons (Fsp3) is 0.720. The Morgan fingerprint density at radius 3 is 2.28 bits per heavy atom. The second-order valence-electron chi connectivity index (χ2n) is 9.35. The number of carbonyl (C=O) groups is 1. The molecule has 0 radical (unpaired) electrons. The van der Waals surface area contributed by atoms with E-state index in [1.807, 2.05) is 24.1 Å². The van der Waals surface area contributed by atoms with Crippen molar-refractivity contribution in [1.29, 1.82) is 0 Å². The van der Waals surface area contributed by atoms with Crippen molar-refractivity contribution in [2.45, 2.75) is 51.1 Å². The first kappa shape index (κ1) is 24.6. The van der Waals surface area contributed by atoms with E-state index < -0.39 is 0 Å². The number of rotatable bonds is 9. The van der Waals surface area contributed by atoms with Gasteiger partial charge in [-0.1, -0.05) is 0 Å². The number of methoxy groups -OCH3 is 3. The molecular weight excluding hydrogens is 406 g/mol. The number of likely N-dealkylation sites (tertiary alicyclic amines) is 2. The lowest BCUT2D eigenvalue weighted by Gasteiger charge is -2.36. The molecule has 2 heterocycles. The van der Waals surface area contributed by atoms with E-state index in [0.29, 0.717) is 41.5 Å². The largest absolute Gasteiger partial charge is 0.493 e. The minimum absolute atomic E-state index is 0.307. The van der Waals surface area contributed by atoms with Crippen molar-refractivity contribution in [3.8, 4) is 17.2 Å². The summed E-state index contributed by atoms with van der Waals surface area (Å²) < 4.78 is 16.5. The summed E-state index contributed by atoms with van der Waals surface area (Å²) in [5.74, 6) is 2.89. The Labute approximate surface area is 193 Å². The van der Waals surface area contributed by atoms with Gasteiger partial charge >= 0.3 is 0 Å². The van der Waals surface area contributed by atoms with Crippen LogP contribution in [0.15, 0.2) is 12.1 Å². The highest BCUT2D eigenvalue weighted by atomic mass is 16.5. The third-order valence-corrected chi connectivity index (χ3v) is 7.13. The summed E-state index contributed by atoms with van der Waals surface area (Å²) >= 11 is 0. The van der Waals surface area contributed by atoms with Crippen LogP contribution in [0.5, 0.6) is 17.2 Å². The number of hydrogen-bond donors (Lipinski definition) is 0. The number of amides is 1. The topological polar surface area (TPSA) is 54.5 Å². The average Bonchev–Trinajstić information content (AvgIpc) is 2.82. The fourth-order valence-electron chi connectivity index (χ4n) is 5.11. The highest BCUT2D eigenvalue weighted by molar-refractivity contribution is 5.76. The molecular formula is C25H41N3O4. The molecule has 0 bridgehead atoms. The van der Waals surface area contributed by atoms with Gasteiger partial charge in [-0.15, -0.1) is 0 Å². The molecule has 1 aromatic rings. The lowest BCUT2D eigenvalue weighted by molar-refractivity contribution is -0.133. The predicted molar refractivity (Wildman–Crippen MR) is 127 cm³/mol. The Morgan fingerprint density at radius 2 is 1.69 bits per heavy atom. The molecule has 2 aliphatic heterocycles. The summed E-state index contributed by atoms with van der Waals surface area (Å²) in [4.78, 5) is 19.6. The monoisotopic (exact) mass is 447 g/mol. The lowest BCUT2D eigenvalue weighted by Crippen LogP contribution is -2.44. The third kappa shape index (κ3) is 6.29. The molecule has 0 spiro atoms. The van der Waals surface area contributed by atoms with Gasteiger partial charge in [0.05, 0.1) is 21.3 Å². The molecule has 1 aromatic carbocycles. The summed E-state index contributed by atoms with van der Waals surface area (Å²) in [6.07, 6.45) is 6.19. The number of benzene rings is 1. The van der Waals surface area contributed by atoms with E-state index in [0.717, 1.165) is 57.5 Å². The van der Waals surface area contributed by atoms with Crippen molar-refractivity contribution in [1.82, 2.24) is 14.7 Å². The van der Waals surface area contributed by atoms with E-state index in [4.69, 9.17) is 14.2 Å². The minimum atomic E-state index is 0.307. The molecule has 7 nitrogen and oxygen atoms in total. The zero-order valence-corrected chi connectivity index (χ0v) is 20.6. The summed E-state index contributed by atoms with van der Waals surface area (Å²) in [6.45, 7) is 5.12. The first-order valence-electron chi connectivity index (χ1n) is 11.9. The smallest absolute Gasteiger partial charge is 0.222 e. The van der Waals surface area contributed by atoms with Gasteiger partial charge in [-0.05, 0) is 82.4 Å². The van der Waals surface area contributed by atoms with Crippen molar-refractivity contribution in [2.24, 2.45) is 5.92 Å². The molecule has 2 aliphatic rings. The van der Waals surface area contributed by atoms with E-state index in [1.165, 1.54) is 12.8 Å². The molecule has 0 unspecified atom stereocenters. The van der Waals surface area contributed by atoms with Crippen LogP contribution in [0.25, 0.3) is 0 Å². The molecule has 0 aromatic heterocycles. The molecule has 2 saturated heterocycles. The SMILES string of the molecule is COc1cc(CN2CCC[C@@H](CCC(=O)N(C)C3CCN(C)CC3)C2)cc(OC)c1OC. The van der Waals surface area contributed by atoms with Gasteiger partial charge < -0.3 is 24.0 Å². The van der Waals surface area contributed by atoms with Crippen LogP contribution in [0.4, 0.5) is 0 Å². The maximum absolute atomic E-state index is 12.8. The molecule has 7 heteroatoms. The maximum Gasteiger partial charge on any atom is 0.222 e. The molecule has 32 heavy (non-hydrogen) atoms. The van der Waals surface area contributed by atoms with Gasteiger partial charge in [0.25, 0.3) is 0 Å². The molecule has 0 aliphatic carbocycles. The number of hydrogen-bond acceptors (Lipinski definition) is 6. The second-order valence-corrected chi connectivity index (χ2v) is 9.35. The van der Waals surface area contributed by atoms with Crippen LogP contribution in [-0.4, -0.2) is 88.3 Å². The van der Waals surface area contributed by atoms with Gasteiger partial charge in [-0.3, -0.25) is 9.69 Å². The third-order valence-electron chi connectivity index (χ3n) is 7.13. The predicted octanol–water partition coefficient (Wildman–Crippen LogP) is 3.26. The quantitative estimate of drug-likeness (QED) is 0.579. The number of ether oxygens (including phenoxy) is 3.